The van der Waals surface area contributed by atoms with E-state index in [4.69, 9.17) is 9.47 Å². The summed E-state index contributed by atoms with van der Waals surface area (Å²) in [5.74, 6) is 1.31. The summed E-state index contributed by atoms with van der Waals surface area (Å²) in [6, 6.07) is 5.32. The van der Waals surface area contributed by atoms with Crippen molar-refractivity contribution < 1.29 is 14.3 Å². The van der Waals surface area contributed by atoms with Crippen LogP contribution in [0.1, 0.15) is 23.2 Å². The van der Waals surface area contributed by atoms with Gasteiger partial charge in [-0.1, -0.05) is 0 Å². The van der Waals surface area contributed by atoms with Crippen molar-refractivity contribution in [2.45, 2.75) is 12.8 Å². The molecule has 0 atom stereocenters. The molecular formula is C15H20N2O3. The van der Waals surface area contributed by atoms with Crippen LogP contribution in [0.3, 0.4) is 0 Å². The maximum atomic E-state index is 12.1. The van der Waals surface area contributed by atoms with E-state index in [9.17, 15) is 4.79 Å². The van der Waals surface area contributed by atoms with Gasteiger partial charge in [0.15, 0.2) is 11.5 Å². The molecule has 0 radical (unpaired) electrons. The molecule has 2 aliphatic rings. The quantitative estimate of drug-likeness (QED) is 0.900. The van der Waals surface area contributed by atoms with Crippen LogP contribution in [0.5, 0.6) is 11.5 Å². The van der Waals surface area contributed by atoms with E-state index in [1.54, 1.807) is 18.2 Å². The Morgan fingerprint density at radius 1 is 1.15 bits per heavy atom. The molecule has 1 N–H and O–H groups in total. The minimum Gasteiger partial charge on any atom is -0.486 e. The summed E-state index contributed by atoms with van der Waals surface area (Å²) in [5, 5.41) is 2.96. The van der Waals surface area contributed by atoms with E-state index in [-0.39, 0.29) is 5.91 Å². The standard InChI is InChI=1S/C15H20N2O3/c18-15(16-5-8-17-6-1-2-7-17)12-3-4-13-14(11-12)20-10-9-19-13/h3-4,11H,1-2,5-10H2,(H,16,18). The minimum atomic E-state index is -0.0545. The van der Waals surface area contributed by atoms with Gasteiger partial charge in [-0.2, -0.15) is 0 Å². The van der Waals surface area contributed by atoms with Crippen LogP contribution in [0.15, 0.2) is 18.2 Å². The highest BCUT2D eigenvalue weighted by Crippen LogP contribution is 2.30. The fourth-order valence-electron chi connectivity index (χ4n) is 2.62. The average molecular weight is 276 g/mol. The molecule has 1 aromatic rings. The number of hydrogen-bond acceptors (Lipinski definition) is 4. The van der Waals surface area contributed by atoms with Gasteiger partial charge in [0.25, 0.3) is 5.91 Å². The van der Waals surface area contributed by atoms with E-state index in [0.29, 0.717) is 36.8 Å². The second-order valence-electron chi connectivity index (χ2n) is 5.16. The number of nitrogens with zero attached hydrogens (tertiary/aromatic N) is 1. The number of likely N-dealkylation sites (tertiary alicyclic amines) is 1. The Morgan fingerprint density at radius 2 is 1.90 bits per heavy atom. The number of fused-ring (bicyclic) bond motifs is 1. The van der Waals surface area contributed by atoms with E-state index in [2.05, 4.69) is 10.2 Å². The SMILES string of the molecule is O=C(NCCN1CCCC1)c1ccc2c(c1)OCCO2. The van der Waals surface area contributed by atoms with Crippen LogP contribution in [0, 0.1) is 0 Å². The summed E-state index contributed by atoms with van der Waals surface area (Å²) in [6.45, 7) is 5.02. The predicted octanol–water partition coefficient (Wildman–Crippen LogP) is 1.28. The number of benzene rings is 1. The van der Waals surface area contributed by atoms with Crippen LogP contribution in [-0.4, -0.2) is 50.2 Å². The largest absolute Gasteiger partial charge is 0.486 e. The average Bonchev–Trinajstić information content (AvgIpc) is 3.00. The lowest BCUT2D eigenvalue weighted by atomic mass is 10.2. The first kappa shape index (κ1) is 13.2. The third kappa shape index (κ3) is 3.04. The lowest BCUT2D eigenvalue weighted by Gasteiger charge is -2.19. The molecule has 0 spiro atoms. The number of rotatable bonds is 4. The lowest BCUT2D eigenvalue weighted by Crippen LogP contribution is -2.33. The number of carbonyl (C=O) groups excluding carboxylic acids is 1. The predicted molar refractivity (Wildman–Crippen MR) is 75.4 cm³/mol. The van der Waals surface area contributed by atoms with Gasteiger partial charge in [-0.25, -0.2) is 0 Å². The van der Waals surface area contributed by atoms with Crippen LogP contribution in [0.4, 0.5) is 0 Å². The van der Waals surface area contributed by atoms with Crippen molar-refractivity contribution in [2.24, 2.45) is 0 Å². The highest BCUT2D eigenvalue weighted by atomic mass is 16.6. The molecule has 0 aromatic heterocycles. The van der Waals surface area contributed by atoms with E-state index in [1.807, 2.05) is 0 Å². The summed E-state index contributed by atoms with van der Waals surface area (Å²) >= 11 is 0. The molecule has 1 aromatic carbocycles. The van der Waals surface area contributed by atoms with Crippen LogP contribution in [0.2, 0.25) is 0 Å². The minimum absolute atomic E-state index is 0.0545. The molecule has 0 bridgehead atoms. The Bertz CT molecular complexity index is 484. The molecule has 5 heteroatoms. The number of ether oxygens (including phenoxy) is 2. The second kappa shape index (κ2) is 6.13. The van der Waals surface area contributed by atoms with Crippen molar-refractivity contribution in [3.8, 4) is 11.5 Å². The zero-order valence-electron chi connectivity index (χ0n) is 11.6. The molecule has 0 saturated carbocycles. The van der Waals surface area contributed by atoms with Gasteiger partial charge in [0.1, 0.15) is 13.2 Å². The summed E-state index contributed by atoms with van der Waals surface area (Å²) in [7, 11) is 0. The van der Waals surface area contributed by atoms with Crippen LogP contribution >= 0.6 is 0 Å². The topological polar surface area (TPSA) is 50.8 Å². The van der Waals surface area contributed by atoms with Gasteiger partial charge in [0.05, 0.1) is 0 Å². The molecule has 20 heavy (non-hydrogen) atoms. The number of carbonyl (C=O) groups is 1. The molecular weight excluding hydrogens is 256 g/mol. The van der Waals surface area contributed by atoms with Gasteiger partial charge in [0, 0.05) is 18.7 Å². The molecule has 1 fully saturated rings. The molecule has 1 saturated heterocycles. The molecule has 0 aliphatic carbocycles. The van der Waals surface area contributed by atoms with Crippen LogP contribution in [-0.2, 0) is 0 Å². The maximum absolute atomic E-state index is 12.1. The first-order valence-electron chi connectivity index (χ1n) is 7.23. The summed E-state index contributed by atoms with van der Waals surface area (Å²) in [6.07, 6.45) is 2.55. The van der Waals surface area contributed by atoms with E-state index in [0.717, 1.165) is 19.6 Å². The maximum Gasteiger partial charge on any atom is 0.251 e. The van der Waals surface area contributed by atoms with Gasteiger partial charge in [0.2, 0.25) is 0 Å². The normalized spacial score (nSPS) is 18.0. The van der Waals surface area contributed by atoms with Crippen LogP contribution < -0.4 is 14.8 Å². The molecule has 108 valence electrons. The van der Waals surface area contributed by atoms with Crippen molar-refractivity contribution in [3.63, 3.8) is 0 Å². The smallest absolute Gasteiger partial charge is 0.251 e. The van der Waals surface area contributed by atoms with Gasteiger partial charge >= 0.3 is 0 Å². The van der Waals surface area contributed by atoms with E-state index >= 15 is 0 Å². The zero-order valence-corrected chi connectivity index (χ0v) is 11.6. The van der Waals surface area contributed by atoms with E-state index in [1.165, 1.54) is 12.8 Å². The highest BCUT2D eigenvalue weighted by molar-refractivity contribution is 5.94. The molecule has 1 amide bonds. The van der Waals surface area contributed by atoms with Gasteiger partial charge in [-0.3, -0.25) is 4.79 Å². The van der Waals surface area contributed by atoms with Crippen LogP contribution in [0.25, 0.3) is 0 Å². The van der Waals surface area contributed by atoms with Crippen molar-refractivity contribution in [1.29, 1.82) is 0 Å². The van der Waals surface area contributed by atoms with Crippen molar-refractivity contribution >= 4 is 5.91 Å². The summed E-state index contributed by atoms with van der Waals surface area (Å²) in [5.41, 5.74) is 0.621. The van der Waals surface area contributed by atoms with Crippen molar-refractivity contribution in [2.75, 3.05) is 39.4 Å². The summed E-state index contributed by atoms with van der Waals surface area (Å²) in [4.78, 5) is 14.5. The molecule has 2 aliphatic heterocycles. The third-order valence-electron chi connectivity index (χ3n) is 3.72. The third-order valence-corrected chi connectivity index (χ3v) is 3.72. The molecule has 0 unspecified atom stereocenters. The summed E-state index contributed by atoms with van der Waals surface area (Å²) < 4.78 is 10.9. The van der Waals surface area contributed by atoms with Crippen molar-refractivity contribution in [1.82, 2.24) is 10.2 Å². The lowest BCUT2D eigenvalue weighted by molar-refractivity contribution is 0.0948. The van der Waals surface area contributed by atoms with Gasteiger partial charge in [-0.05, 0) is 44.1 Å². The van der Waals surface area contributed by atoms with E-state index < -0.39 is 0 Å². The van der Waals surface area contributed by atoms with Gasteiger partial charge in [-0.15, -0.1) is 0 Å². The zero-order chi connectivity index (χ0) is 13.8. The molecule has 5 nitrogen and oxygen atoms in total. The monoisotopic (exact) mass is 276 g/mol. The molecule has 3 rings (SSSR count). The fourth-order valence-corrected chi connectivity index (χ4v) is 2.62. The second-order valence-corrected chi connectivity index (χ2v) is 5.16. The Hall–Kier alpha value is -1.75. The fraction of sp³-hybridized carbons (Fsp3) is 0.533. The number of hydrogen-bond donors (Lipinski definition) is 1. The Morgan fingerprint density at radius 3 is 2.70 bits per heavy atom. The Balaban J connectivity index is 1.53. The van der Waals surface area contributed by atoms with Crippen molar-refractivity contribution in [3.05, 3.63) is 23.8 Å². The first-order valence-corrected chi connectivity index (χ1v) is 7.23. The number of amides is 1. The highest BCUT2D eigenvalue weighted by Gasteiger charge is 2.15. The first-order chi connectivity index (χ1) is 9.83. The Labute approximate surface area is 118 Å². The molecule has 2 heterocycles. The number of nitrogens with one attached hydrogen (secondary N) is 1. The van der Waals surface area contributed by atoms with Gasteiger partial charge < -0.3 is 19.7 Å². The Kier molecular flexibility index (Phi) is 4.06.